The van der Waals surface area contributed by atoms with Crippen LogP contribution in [-0.4, -0.2) is 68.1 Å². The number of hydrogen-bond acceptors (Lipinski definition) is 4. The molecule has 0 saturated carbocycles. The largest absolute Gasteiger partial charge is 0.356 e. The van der Waals surface area contributed by atoms with Crippen molar-refractivity contribution in [2.75, 3.05) is 45.2 Å². The predicted molar refractivity (Wildman–Crippen MR) is 97.2 cm³/mol. The number of likely N-dealkylation sites (N-methyl/N-ethyl adjacent to an activating group) is 1. The summed E-state index contributed by atoms with van der Waals surface area (Å²) in [5, 5.41) is 6.56. The topological polar surface area (TPSA) is 72.9 Å². The van der Waals surface area contributed by atoms with Gasteiger partial charge < -0.3 is 20.4 Å². The standard InChI is InChI=1S/C17H27FN6O/c1-4-8-20-17(21-11-15(25)23(2)3)22-13-7-10-24(12-13)16-14(18)6-5-9-19-16/h5-6,9,13H,4,7-8,10-12H2,1-3H3,(H2,20,21,22). The highest BCUT2D eigenvalue weighted by molar-refractivity contribution is 5.85. The molecule has 1 aliphatic heterocycles. The predicted octanol–water partition coefficient (Wildman–Crippen LogP) is 0.833. The molecule has 0 aromatic carbocycles. The van der Waals surface area contributed by atoms with Crippen LogP contribution in [0.3, 0.4) is 0 Å². The van der Waals surface area contributed by atoms with Crippen LogP contribution in [-0.2, 0) is 4.79 Å². The average molecular weight is 350 g/mol. The van der Waals surface area contributed by atoms with Crippen molar-refractivity contribution in [1.29, 1.82) is 0 Å². The molecule has 1 aromatic rings. The summed E-state index contributed by atoms with van der Waals surface area (Å²) in [4.78, 5) is 23.7. The van der Waals surface area contributed by atoms with Gasteiger partial charge in [-0.2, -0.15) is 0 Å². The van der Waals surface area contributed by atoms with Gasteiger partial charge in [0.1, 0.15) is 6.54 Å². The molecule has 138 valence electrons. The van der Waals surface area contributed by atoms with Gasteiger partial charge in [-0.3, -0.25) is 4.79 Å². The van der Waals surface area contributed by atoms with E-state index in [-0.39, 0.29) is 24.3 Å². The third kappa shape index (κ3) is 5.58. The first-order chi connectivity index (χ1) is 12.0. The Bertz CT molecular complexity index is 607. The Hall–Kier alpha value is -2.38. The van der Waals surface area contributed by atoms with E-state index in [0.717, 1.165) is 25.9 Å². The summed E-state index contributed by atoms with van der Waals surface area (Å²) in [6.07, 6.45) is 3.41. The third-order valence-electron chi connectivity index (χ3n) is 3.98. The van der Waals surface area contributed by atoms with Crippen molar-refractivity contribution in [3.8, 4) is 0 Å². The van der Waals surface area contributed by atoms with E-state index in [2.05, 4.69) is 27.5 Å². The number of carbonyl (C=O) groups excluding carboxylic acids is 1. The third-order valence-corrected chi connectivity index (χ3v) is 3.98. The van der Waals surface area contributed by atoms with Crippen LogP contribution in [0.2, 0.25) is 0 Å². The van der Waals surface area contributed by atoms with Gasteiger partial charge in [0.2, 0.25) is 5.91 Å². The van der Waals surface area contributed by atoms with E-state index in [0.29, 0.717) is 18.3 Å². The molecule has 2 rings (SSSR count). The van der Waals surface area contributed by atoms with Crippen molar-refractivity contribution in [1.82, 2.24) is 20.5 Å². The fourth-order valence-corrected chi connectivity index (χ4v) is 2.56. The van der Waals surface area contributed by atoms with Crippen molar-refractivity contribution >= 4 is 17.7 Å². The summed E-state index contributed by atoms with van der Waals surface area (Å²) in [6.45, 7) is 4.30. The second-order valence-electron chi connectivity index (χ2n) is 6.26. The van der Waals surface area contributed by atoms with Gasteiger partial charge in [-0.25, -0.2) is 14.4 Å². The summed E-state index contributed by atoms with van der Waals surface area (Å²) < 4.78 is 13.9. The fraction of sp³-hybridized carbons (Fsp3) is 0.588. The lowest BCUT2D eigenvalue weighted by Crippen LogP contribution is -2.45. The molecule has 1 fully saturated rings. The van der Waals surface area contributed by atoms with E-state index in [4.69, 9.17) is 0 Å². The monoisotopic (exact) mass is 350 g/mol. The molecule has 25 heavy (non-hydrogen) atoms. The van der Waals surface area contributed by atoms with Crippen LogP contribution in [0.15, 0.2) is 23.3 Å². The molecule has 7 nitrogen and oxygen atoms in total. The van der Waals surface area contributed by atoms with Gasteiger partial charge in [0.15, 0.2) is 17.6 Å². The first-order valence-electron chi connectivity index (χ1n) is 8.61. The van der Waals surface area contributed by atoms with Gasteiger partial charge in [-0.1, -0.05) is 6.92 Å². The highest BCUT2D eigenvalue weighted by atomic mass is 19.1. The second kappa shape index (κ2) is 9.19. The number of nitrogens with zero attached hydrogens (tertiary/aromatic N) is 4. The number of halogens is 1. The van der Waals surface area contributed by atoms with Gasteiger partial charge in [-0.05, 0) is 25.0 Å². The molecule has 2 N–H and O–H groups in total. The highest BCUT2D eigenvalue weighted by Gasteiger charge is 2.26. The molecule has 1 unspecified atom stereocenters. The number of aromatic nitrogens is 1. The Balaban J connectivity index is 1.96. The Labute approximate surface area is 148 Å². The molecule has 1 amide bonds. The second-order valence-corrected chi connectivity index (χ2v) is 6.26. The molecule has 8 heteroatoms. The van der Waals surface area contributed by atoms with Gasteiger partial charge in [-0.15, -0.1) is 0 Å². The molecule has 0 bridgehead atoms. The Morgan fingerprint density at radius 1 is 1.52 bits per heavy atom. The van der Waals surface area contributed by atoms with Crippen LogP contribution in [0.4, 0.5) is 10.2 Å². The van der Waals surface area contributed by atoms with E-state index < -0.39 is 0 Å². The van der Waals surface area contributed by atoms with Crippen molar-refractivity contribution in [3.63, 3.8) is 0 Å². The molecule has 2 heterocycles. The van der Waals surface area contributed by atoms with Crippen molar-refractivity contribution in [2.24, 2.45) is 4.99 Å². The molecule has 1 aromatic heterocycles. The molecule has 0 aliphatic carbocycles. The van der Waals surface area contributed by atoms with Gasteiger partial charge in [0, 0.05) is 46.0 Å². The summed E-state index contributed by atoms with van der Waals surface area (Å²) in [6, 6.07) is 3.14. The number of amides is 1. The number of nitrogens with one attached hydrogen (secondary N) is 2. The maximum atomic E-state index is 13.9. The number of rotatable bonds is 6. The number of guanidine groups is 1. The van der Waals surface area contributed by atoms with E-state index in [1.54, 1.807) is 26.4 Å². The lowest BCUT2D eigenvalue weighted by Gasteiger charge is -2.20. The zero-order valence-corrected chi connectivity index (χ0v) is 15.1. The van der Waals surface area contributed by atoms with Crippen LogP contribution in [0.1, 0.15) is 19.8 Å². The van der Waals surface area contributed by atoms with Crippen molar-refractivity contribution in [3.05, 3.63) is 24.1 Å². The van der Waals surface area contributed by atoms with Gasteiger partial charge in [0.05, 0.1) is 0 Å². The minimum atomic E-state index is -0.308. The lowest BCUT2D eigenvalue weighted by molar-refractivity contribution is -0.127. The van der Waals surface area contributed by atoms with Crippen LogP contribution >= 0.6 is 0 Å². The zero-order valence-electron chi connectivity index (χ0n) is 15.1. The Kier molecular flexibility index (Phi) is 6.97. The maximum absolute atomic E-state index is 13.9. The Morgan fingerprint density at radius 3 is 3.00 bits per heavy atom. The molecule has 1 saturated heterocycles. The smallest absolute Gasteiger partial charge is 0.243 e. The van der Waals surface area contributed by atoms with E-state index >= 15 is 0 Å². The van der Waals surface area contributed by atoms with Crippen LogP contribution in [0.5, 0.6) is 0 Å². The van der Waals surface area contributed by atoms with Crippen molar-refractivity contribution in [2.45, 2.75) is 25.8 Å². The quantitative estimate of drug-likeness (QED) is 0.587. The van der Waals surface area contributed by atoms with Crippen LogP contribution < -0.4 is 15.5 Å². The van der Waals surface area contributed by atoms with Gasteiger partial charge >= 0.3 is 0 Å². The normalized spacial score (nSPS) is 17.5. The number of hydrogen-bond donors (Lipinski definition) is 2. The summed E-state index contributed by atoms with van der Waals surface area (Å²) in [5.41, 5.74) is 0. The summed E-state index contributed by atoms with van der Waals surface area (Å²) in [7, 11) is 3.42. The number of carbonyl (C=O) groups is 1. The summed E-state index contributed by atoms with van der Waals surface area (Å²) >= 11 is 0. The Morgan fingerprint density at radius 2 is 2.32 bits per heavy atom. The van der Waals surface area contributed by atoms with E-state index in [1.165, 1.54) is 11.0 Å². The minimum Gasteiger partial charge on any atom is -0.356 e. The van der Waals surface area contributed by atoms with Crippen LogP contribution in [0.25, 0.3) is 0 Å². The van der Waals surface area contributed by atoms with E-state index in [1.807, 2.05) is 4.90 Å². The number of aliphatic imine (C=N–C) groups is 1. The first-order valence-corrected chi connectivity index (χ1v) is 8.61. The molecule has 1 atom stereocenters. The molecule has 0 radical (unpaired) electrons. The SMILES string of the molecule is CCCNC(=NCC(=O)N(C)C)NC1CCN(c2ncccc2F)C1. The highest BCUT2D eigenvalue weighted by Crippen LogP contribution is 2.20. The molecule has 1 aliphatic rings. The molecular weight excluding hydrogens is 323 g/mol. The number of pyridine rings is 1. The lowest BCUT2D eigenvalue weighted by atomic mass is 10.3. The first kappa shape index (κ1) is 19.0. The molecular formula is C17H27FN6O. The molecule has 0 spiro atoms. The fourth-order valence-electron chi connectivity index (χ4n) is 2.56. The zero-order chi connectivity index (χ0) is 18.2. The van der Waals surface area contributed by atoms with Crippen molar-refractivity contribution < 1.29 is 9.18 Å². The van der Waals surface area contributed by atoms with Crippen LogP contribution in [0, 0.1) is 5.82 Å². The average Bonchev–Trinajstić information content (AvgIpc) is 3.05. The number of anilines is 1. The maximum Gasteiger partial charge on any atom is 0.243 e. The summed E-state index contributed by atoms with van der Waals surface area (Å²) in [5.74, 6) is 0.638. The van der Waals surface area contributed by atoms with Gasteiger partial charge in [0.25, 0.3) is 0 Å². The minimum absolute atomic E-state index is 0.0544. The van der Waals surface area contributed by atoms with E-state index in [9.17, 15) is 9.18 Å².